The number of H-pyrrole nitrogens is 1. The first kappa shape index (κ1) is 14.6. The lowest BCUT2D eigenvalue weighted by Crippen LogP contribution is -2.27. The maximum Gasteiger partial charge on any atom is 0.270 e. The molecule has 0 unspecified atom stereocenters. The number of rotatable bonds is 2. The molecule has 0 saturated heterocycles. The standard InChI is InChI=1S/C21H13N3O2/c25-20-14-8-1-2-9-15(14)23-16-12-17(13-6-5-7-13)24(21(26)19(16)20)18-10-3-4-11-22-18/h1-12H,(H,23,25). The van der Waals surface area contributed by atoms with Crippen molar-refractivity contribution in [2.75, 3.05) is 0 Å². The van der Waals surface area contributed by atoms with Gasteiger partial charge in [0.15, 0.2) is 0 Å². The summed E-state index contributed by atoms with van der Waals surface area (Å²) in [6.45, 7) is 0. The quantitative estimate of drug-likeness (QED) is 0.570. The topological polar surface area (TPSA) is 67.8 Å². The van der Waals surface area contributed by atoms with Gasteiger partial charge in [0.25, 0.3) is 5.56 Å². The van der Waals surface area contributed by atoms with Crippen molar-refractivity contribution < 1.29 is 0 Å². The molecule has 0 saturated carbocycles. The number of hydrogen-bond donors (Lipinski definition) is 1. The van der Waals surface area contributed by atoms with Crippen LogP contribution in [0.15, 0.2) is 82.5 Å². The molecule has 3 aromatic heterocycles. The number of aromatic nitrogens is 3. The minimum atomic E-state index is -0.371. The van der Waals surface area contributed by atoms with E-state index in [1.54, 1.807) is 30.5 Å². The van der Waals surface area contributed by atoms with Crippen LogP contribution in [0.2, 0.25) is 0 Å². The van der Waals surface area contributed by atoms with Gasteiger partial charge in [0, 0.05) is 17.1 Å². The highest BCUT2D eigenvalue weighted by molar-refractivity contribution is 5.94. The Bertz CT molecular complexity index is 1360. The number of fused-ring (bicyclic) bond motifs is 2. The molecular weight excluding hydrogens is 326 g/mol. The fourth-order valence-electron chi connectivity index (χ4n) is 3.29. The Morgan fingerprint density at radius 1 is 0.962 bits per heavy atom. The first-order chi connectivity index (χ1) is 12.7. The number of benzene rings is 1. The summed E-state index contributed by atoms with van der Waals surface area (Å²) in [5.74, 6) is 0.489. The fraction of sp³-hybridized carbons (Fsp3) is 0. The number of nitrogens with zero attached hydrogens (tertiary/aromatic N) is 2. The van der Waals surface area contributed by atoms with Gasteiger partial charge >= 0.3 is 0 Å². The van der Waals surface area contributed by atoms with Crippen LogP contribution < -0.4 is 11.0 Å². The second-order valence-corrected chi connectivity index (χ2v) is 6.13. The molecular formula is C21H13N3O2. The van der Waals surface area contributed by atoms with Crippen molar-refractivity contribution in [1.82, 2.24) is 14.5 Å². The number of allylic oxidation sites excluding steroid dienone is 4. The lowest BCUT2D eigenvalue weighted by atomic mass is 10.0. The average molecular weight is 339 g/mol. The molecule has 0 spiro atoms. The maximum absolute atomic E-state index is 13.3. The van der Waals surface area contributed by atoms with Crippen LogP contribution in [0, 0.1) is 0 Å². The number of hydrogen-bond acceptors (Lipinski definition) is 3. The van der Waals surface area contributed by atoms with Gasteiger partial charge in [-0.2, -0.15) is 0 Å². The van der Waals surface area contributed by atoms with Crippen molar-refractivity contribution in [2.24, 2.45) is 0 Å². The third-order valence-electron chi connectivity index (χ3n) is 4.60. The Hall–Kier alpha value is -3.73. The summed E-state index contributed by atoms with van der Waals surface area (Å²) in [6.07, 6.45) is 7.40. The van der Waals surface area contributed by atoms with Crippen LogP contribution in [0.1, 0.15) is 5.69 Å². The molecule has 0 atom stereocenters. The lowest BCUT2D eigenvalue weighted by molar-refractivity contribution is 0.934. The van der Waals surface area contributed by atoms with Crippen molar-refractivity contribution in [3.05, 3.63) is 99.2 Å². The summed E-state index contributed by atoms with van der Waals surface area (Å²) in [7, 11) is 0. The molecule has 1 aliphatic carbocycles. The highest BCUT2D eigenvalue weighted by atomic mass is 16.1. The molecule has 0 fully saturated rings. The van der Waals surface area contributed by atoms with Gasteiger partial charge in [-0.05, 0) is 35.9 Å². The number of aromatic amines is 1. The van der Waals surface area contributed by atoms with Crippen molar-refractivity contribution >= 4 is 27.4 Å². The van der Waals surface area contributed by atoms with E-state index in [-0.39, 0.29) is 16.4 Å². The van der Waals surface area contributed by atoms with Gasteiger partial charge in [0.2, 0.25) is 5.43 Å². The van der Waals surface area contributed by atoms with Crippen LogP contribution in [0.3, 0.4) is 0 Å². The fourth-order valence-corrected chi connectivity index (χ4v) is 3.29. The van der Waals surface area contributed by atoms with Crippen LogP contribution in [0.5, 0.6) is 0 Å². The first-order valence-electron chi connectivity index (χ1n) is 8.25. The highest BCUT2D eigenvalue weighted by Gasteiger charge is 2.18. The van der Waals surface area contributed by atoms with Gasteiger partial charge in [-0.25, -0.2) is 4.98 Å². The van der Waals surface area contributed by atoms with Crippen molar-refractivity contribution in [2.45, 2.75) is 0 Å². The third kappa shape index (κ3) is 2.01. The number of para-hydroxylation sites is 1. The van der Waals surface area contributed by atoms with E-state index in [4.69, 9.17) is 0 Å². The predicted molar refractivity (Wildman–Crippen MR) is 103 cm³/mol. The average Bonchev–Trinajstić information content (AvgIpc) is 2.61. The zero-order valence-electron chi connectivity index (χ0n) is 13.6. The Morgan fingerprint density at radius 2 is 1.77 bits per heavy atom. The largest absolute Gasteiger partial charge is 0.354 e. The second kappa shape index (κ2) is 5.39. The molecule has 0 aliphatic heterocycles. The summed E-state index contributed by atoms with van der Waals surface area (Å²) >= 11 is 0. The molecule has 0 bridgehead atoms. The molecule has 5 heteroatoms. The zero-order valence-corrected chi connectivity index (χ0v) is 13.6. The van der Waals surface area contributed by atoms with Gasteiger partial charge in [-0.15, -0.1) is 0 Å². The third-order valence-corrected chi connectivity index (χ3v) is 4.60. The maximum atomic E-state index is 13.3. The van der Waals surface area contributed by atoms with E-state index in [2.05, 4.69) is 9.97 Å². The second-order valence-electron chi connectivity index (χ2n) is 6.13. The zero-order chi connectivity index (χ0) is 17.7. The van der Waals surface area contributed by atoms with E-state index in [0.29, 0.717) is 27.9 Å². The SMILES string of the molecule is O=c1c2ccccc2[nH]c2cc(C3=CC=C3)n(-c3ccccn3)c(=O)c12. The smallest absolute Gasteiger partial charge is 0.270 e. The monoisotopic (exact) mass is 339 g/mol. The van der Waals surface area contributed by atoms with E-state index >= 15 is 0 Å². The van der Waals surface area contributed by atoms with Gasteiger partial charge < -0.3 is 4.98 Å². The Kier molecular flexibility index (Phi) is 3.03. The van der Waals surface area contributed by atoms with E-state index in [9.17, 15) is 9.59 Å². The van der Waals surface area contributed by atoms with Crippen molar-refractivity contribution in [1.29, 1.82) is 0 Å². The van der Waals surface area contributed by atoms with Gasteiger partial charge in [0.1, 0.15) is 11.2 Å². The summed E-state index contributed by atoms with van der Waals surface area (Å²) in [4.78, 5) is 33.8. The van der Waals surface area contributed by atoms with E-state index in [1.165, 1.54) is 4.57 Å². The number of nitrogens with one attached hydrogen (secondary N) is 1. The van der Waals surface area contributed by atoms with E-state index in [1.807, 2.05) is 42.5 Å². The number of pyridine rings is 3. The molecule has 0 radical (unpaired) electrons. The molecule has 5 rings (SSSR count). The molecule has 5 nitrogen and oxygen atoms in total. The summed E-state index contributed by atoms with van der Waals surface area (Å²) in [5.41, 5.74) is 2.22. The normalized spacial score (nSPS) is 13.0. The minimum Gasteiger partial charge on any atom is -0.354 e. The summed E-state index contributed by atoms with van der Waals surface area (Å²) < 4.78 is 1.50. The summed E-state index contributed by atoms with van der Waals surface area (Å²) in [5, 5.41) is 0.641. The van der Waals surface area contributed by atoms with Gasteiger partial charge in [-0.1, -0.05) is 36.4 Å². The molecule has 26 heavy (non-hydrogen) atoms. The Morgan fingerprint density at radius 3 is 2.50 bits per heavy atom. The van der Waals surface area contributed by atoms with Crippen molar-refractivity contribution in [3.8, 4) is 5.82 Å². The van der Waals surface area contributed by atoms with Crippen LogP contribution in [0.25, 0.3) is 33.2 Å². The Balaban J connectivity index is 1.98. The molecule has 1 aromatic carbocycles. The van der Waals surface area contributed by atoms with Crippen LogP contribution in [0.4, 0.5) is 0 Å². The molecule has 124 valence electrons. The molecule has 4 aromatic rings. The van der Waals surface area contributed by atoms with Crippen LogP contribution >= 0.6 is 0 Å². The van der Waals surface area contributed by atoms with E-state index in [0.717, 1.165) is 5.57 Å². The predicted octanol–water partition coefficient (Wildman–Crippen LogP) is 3.18. The van der Waals surface area contributed by atoms with Gasteiger partial charge in [-0.3, -0.25) is 14.2 Å². The molecule has 3 heterocycles. The van der Waals surface area contributed by atoms with Gasteiger partial charge in [0.05, 0.1) is 11.2 Å². The molecule has 1 aliphatic rings. The van der Waals surface area contributed by atoms with Crippen LogP contribution in [-0.2, 0) is 0 Å². The minimum absolute atomic E-state index is 0.141. The summed E-state index contributed by atoms with van der Waals surface area (Å²) in [6, 6.07) is 14.4. The molecule has 1 N–H and O–H groups in total. The Labute approximate surface area is 147 Å². The molecule has 0 amide bonds. The highest BCUT2D eigenvalue weighted by Crippen LogP contribution is 2.25. The van der Waals surface area contributed by atoms with E-state index < -0.39 is 0 Å². The van der Waals surface area contributed by atoms with Crippen LogP contribution in [-0.4, -0.2) is 14.5 Å². The van der Waals surface area contributed by atoms with Crippen molar-refractivity contribution in [3.63, 3.8) is 0 Å². The lowest BCUT2D eigenvalue weighted by Gasteiger charge is -2.16. The first-order valence-corrected chi connectivity index (χ1v) is 8.25.